The van der Waals surface area contributed by atoms with Crippen LogP contribution in [0, 0.1) is 6.92 Å². The maximum absolute atomic E-state index is 12.6. The molecule has 0 saturated carbocycles. The van der Waals surface area contributed by atoms with Crippen molar-refractivity contribution in [3.63, 3.8) is 0 Å². The zero-order valence-electron chi connectivity index (χ0n) is 26.9. The molecule has 230 valence electrons. The summed E-state index contributed by atoms with van der Waals surface area (Å²) in [4.78, 5) is 14.4. The summed E-state index contributed by atoms with van der Waals surface area (Å²) in [5.41, 5.74) is 3.05. The van der Waals surface area contributed by atoms with Gasteiger partial charge in [-0.15, -0.1) is 5.10 Å². The number of piperidine rings is 1. The minimum Gasteiger partial charge on any atom is -0.543 e. The number of carbonyl (C=O) groups is 1. The normalized spacial score (nSPS) is 19.4. The van der Waals surface area contributed by atoms with Crippen LogP contribution in [0.4, 0.5) is 4.79 Å². The van der Waals surface area contributed by atoms with E-state index < -0.39 is 13.9 Å². The Labute approximate surface area is 250 Å². The average molecular weight is 597 g/mol. The Morgan fingerprint density at radius 1 is 1.00 bits per heavy atom. The average Bonchev–Trinajstić information content (AvgIpc) is 3.47. The third-order valence-corrected chi connectivity index (χ3v) is 13.3. The number of rotatable bonds is 5. The van der Waals surface area contributed by atoms with Gasteiger partial charge in [-0.05, 0) is 96.1 Å². The Bertz CT molecular complexity index is 1420. The number of aromatic nitrogens is 5. The highest BCUT2D eigenvalue weighted by atomic mass is 28.4. The summed E-state index contributed by atoms with van der Waals surface area (Å²) in [5.74, 6) is 0.860. The van der Waals surface area contributed by atoms with Crippen molar-refractivity contribution in [1.82, 2.24) is 29.7 Å². The topological polar surface area (TPSA) is 96.5 Å². The molecule has 0 bridgehead atoms. The zero-order chi connectivity index (χ0) is 30.4. The van der Waals surface area contributed by atoms with Gasteiger partial charge in [-0.3, -0.25) is 0 Å². The highest BCUT2D eigenvalue weighted by molar-refractivity contribution is 6.74. The van der Waals surface area contributed by atoms with E-state index in [1.807, 2.05) is 30.1 Å². The molecule has 2 aliphatic rings. The molecular formula is C31H48N6O4Si. The molecule has 1 atom stereocenters. The van der Waals surface area contributed by atoms with Crippen LogP contribution in [-0.2, 0) is 9.47 Å². The molecule has 1 unspecified atom stereocenters. The number of amides is 1. The molecule has 2 saturated heterocycles. The molecule has 2 aliphatic heterocycles. The van der Waals surface area contributed by atoms with E-state index >= 15 is 0 Å². The fourth-order valence-corrected chi connectivity index (χ4v) is 6.49. The smallest absolute Gasteiger partial charge is 0.410 e. The van der Waals surface area contributed by atoms with Crippen molar-refractivity contribution >= 4 is 25.3 Å². The summed E-state index contributed by atoms with van der Waals surface area (Å²) in [6.45, 7) is 21.0. The number of likely N-dealkylation sites (tertiary alicyclic amines) is 1. The van der Waals surface area contributed by atoms with E-state index in [0.29, 0.717) is 13.1 Å². The number of nitrogens with zero attached hydrogens (tertiary/aromatic N) is 6. The summed E-state index contributed by atoms with van der Waals surface area (Å²) in [6.07, 6.45) is 4.35. The molecule has 1 amide bonds. The molecule has 42 heavy (non-hydrogen) atoms. The lowest BCUT2D eigenvalue weighted by molar-refractivity contribution is -0.0365. The first kappa shape index (κ1) is 30.5. The van der Waals surface area contributed by atoms with Crippen LogP contribution in [0.25, 0.3) is 22.3 Å². The van der Waals surface area contributed by atoms with Crippen molar-refractivity contribution in [3.05, 3.63) is 23.9 Å². The number of benzene rings is 1. The molecule has 0 N–H and O–H groups in total. The second-order valence-corrected chi connectivity index (χ2v) is 19.0. The van der Waals surface area contributed by atoms with Crippen LogP contribution >= 0.6 is 0 Å². The van der Waals surface area contributed by atoms with Crippen molar-refractivity contribution in [2.24, 2.45) is 0 Å². The number of fused-ring (bicyclic) bond motifs is 1. The fraction of sp³-hybridized carbons (Fsp3) is 0.677. The van der Waals surface area contributed by atoms with E-state index in [-0.39, 0.29) is 23.4 Å². The largest absolute Gasteiger partial charge is 0.543 e. The Kier molecular flexibility index (Phi) is 8.21. The maximum Gasteiger partial charge on any atom is 0.410 e. The van der Waals surface area contributed by atoms with Gasteiger partial charge in [0.05, 0.1) is 17.3 Å². The standard InChI is InChI=1S/C31H48N6O4Si/c1-21-27(32-34-36(21)22-15-17-35(18-16-22)29(38)40-30(2,3)4)28-24-20-23(41-42(8,9)31(5,6)7)13-14-25(24)37(33-28)26-12-10-11-19-39-26/h13-14,20,22,26H,10-12,15-19H2,1-9H3. The molecule has 5 rings (SSSR count). The number of ether oxygens (including phenoxy) is 2. The minimum absolute atomic E-state index is 0.0866. The molecule has 2 aromatic heterocycles. The van der Waals surface area contributed by atoms with Crippen LogP contribution in [0.1, 0.15) is 91.6 Å². The molecule has 2 fully saturated rings. The Morgan fingerprint density at radius 2 is 1.71 bits per heavy atom. The zero-order valence-corrected chi connectivity index (χ0v) is 27.9. The highest BCUT2D eigenvalue weighted by Crippen LogP contribution is 2.40. The maximum atomic E-state index is 12.6. The molecule has 10 nitrogen and oxygen atoms in total. The third-order valence-electron chi connectivity index (χ3n) is 8.90. The van der Waals surface area contributed by atoms with E-state index in [1.54, 1.807) is 4.90 Å². The summed E-state index contributed by atoms with van der Waals surface area (Å²) in [6, 6.07) is 6.45. The van der Waals surface area contributed by atoms with Crippen LogP contribution in [0.5, 0.6) is 5.75 Å². The van der Waals surface area contributed by atoms with Crippen LogP contribution in [0.15, 0.2) is 18.2 Å². The summed E-state index contributed by atoms with van der Waals surface area (Å²) >= 11 is 0. The first-order chi connectivity index (χ1) is 19.6. The predicted molar refractivity (Wildman–Crippen MR) is 166 cm³/mol. The fourth-order valence-electron chi connectivity index (χ4n) is 5.47. The lowest BCUT2D eigenvalue weighted by Crippen LogP contribution is -2.43. The second-order valence-electron chi connectivity index (χ2n) is 14.3. The highest BCUT2D eigenvalue weighted by Gasteiger charge is 2.39. The van der Waals surface area contributed by atoms with E-state index in [0.717, 1.165) is 72.4 Å². The van der Waals surface area contributed by atoms with Gasteiger partial charge in [0.25, 0.3) is 0 Å². The molecule has 0 spiro atoms. The SMILES string of the molecule is Cc1c(-c2nn(C3CCCCO3)c3ccc(O[Si](C)(C)C(C)(C)C)cc23)nnn1C1CCN(C(=O)OC(C)(C)C)CC1. The van der Waals surface area contributed by atoms with Crippen molar-refractivity contribution < 1.29 is 18.7 Å². The van der Waals surface area contributed by atoms with Gasteiger partial charge < -0.3 is 18.8 Å². The van der Waals surface area contributed by atoms with Crippen LogP contribution in [0.2, 0.25) is 18.1 Å². The molecule has 0 radical (unpaired) electrons. The molecule has 4 heterocycles. The molecule has 1 aromatic carbocycles. The first-order valence-corrected chi connectivity index (χ1v) is 18.3. The minimum atomic E-state index is -2.03. The van der Waals surface area contributed by atoms with Gasteiger partial charge in [0.1, 0.15) is 22.7 Å². The van der Waals surface area contributed by atoms with Gasteiger partial charge in [0.2, 0.25) is 8.32 Å². The number of carbonyl (C=O) groups excluding carboxylic acids is 1. The summed E-state index contributed by atoms with van der Waals surface area (Å²) < 4.78 is 22.5. The van der Waals surface area contributed by atoms with Crippen molar-refractivity contribution in [2.75, 3.05) is 19.7 Å². The monoisotopic (exact) mass is 596 g/mol. The van der Waals surface area contributed by atoms with Gasteiger partial charge in [-0.2, -0.15) is 5.10 Å². The van der Waals surface area contributed by atoms with Gasteiger partial charge in [-0.1, -0.05) is 26.0 Å². The van der Waals surface area contributed by atoms with E-state index in [9.17, 15) is 4.79 Å². The Balaban J connectivity index is 1.46. The predicted octanol–water partition coefficient (Wildman–Crippen LogP) is 7.26. The lowest BCUT2D eigenvalue weighted by atomic mass is 10.0. The molecule has 11 heteroatoms. The van der Waals surface area contributed by atoms with E-state index in [2.05, 4.69) is 69.3 Å². The molecule has 0 aliphatic carbocycles. The van der Waals surface area contributed by atoms with Crippen LogP contribution in [0.3, 0.4) is 0 Å². The van der Waals surface area contributed by atoms with Gasteiger partial charge in [0.15, 0.2) is 6.23 Å². The molecular weight excluding hydrogens is 548 g/mol. The van der Waals surface area contributed by atoms with Gasteiger partial charge in [0, 0.05) is 25.1 Å². The third kappa shape index (κ3) is 6.22. The number of hydrogen-bond donors (Lipinski definition) is 0. The summed E-state index contributed by atoms with van der Waals surface area (Å²) in [7, 11) is -2.03. The van der Waals surface area contributed by atoms with Crippen LogP contribution < -0.4 is 4.43 Å². The lowest BCUT2D eigenvalue weighted by Gasteiger charge is -2.36. The van der Waals surface area contributed by atoms with Crippen molar-refractivity contribution in [2.45, 2.75) is 117 Å². The van der Waals surface area contributed by atoms with E-state index in [4.69, 9.17) is 19.0 Å². The quantitative estimate of drug-likeness (QED) is 0.286. The van der Waals surface area contributed by atoms with Gasteiger partial charge >= 0.3 is 6.09 Å². The van der Waals surface area contributed by atoms with Crippen molar-refractivity contribution in [3.8, 4) is 17.1 Å². The second kappa shape index (κ2) is 11.3. The molecule has 3 aromatic rings. The Hall–Kier alpha value is -2.92. The van der Waals surface area contributed by atoms with Crippen LogP contribution in [-0.4, -0.2) is 69.4 Å². The van der Waals surface area contributed by atoms with E-state index in [1.165, 1.54) is 0 Å². The first-order valence-electron chi connectivity index (χ1n) is 15.4. The number of hydrogen-bond acceptors (Lipinski definition) is 7. The Morgan fingerprint density at radius 3 is 2.33 bits per heavy atom. The van der Waals surface area contributed by atoms with Crippen molar-refractivity contribution in [1.29, 1.82) is 0 Å². The van der Waals surface area contributed by atoms with Gasteiger partial charge in [-0.25, -0.2) is 14.2 Å². The summed E-state index contributed by atoms with van der Waals surface area (Å²) in [5, 5.41) is 15.5.